The number of amides is 1. The lowest BCUT2D eigenvalue weighted by molar-refractivity contribution is -0.384. The molecule has 1 atom stereocenters. The van der Waals surface area contributed by atoms with Gasteiger partial charge < -0.3 is 10.6 Å². The second-order valence-corrected chi connectivity index (χ2v) is 7.43. The first kappa shape index (κ1) is 18.8. The maximum atomic E-state index is 11.9. The first-order valence-corrected chi connectivity index (χ1v) is 7.60. The monoisotopic (exact) mass is 367 g/mol. The highest BCUT2D eigenvalue weighted by molar-refractivity contribution is 6.68. The molecule has 0 aliphatic carbocycles. The van der Waals surface area contributed by atoms with Crippen LogP contribution in [0.25, 0.3) is 0 Å². The average molecular weight is 369 g/mol. The quantitative estimate of drug-likeness (QED) is 0.345. The van der Waals surface area contributed by atoms with Crippen molar-refractivity contribution in [3.8, 4) is 0 Å². The molecule has 0 aliphatic rings. The summed E-state index contributed by atoms with van der Waals surface area (Å²) in [7, 11) is 0. The summed E-state index contributed by atoms with van der Waals surface area (Å²) in [6, 6.07) is 5.90. The highest BCUT2D eigenvalue weighted by Gasteiger charge is 2.35. The fraction of sp³-hybridized carbons (Fsp3) is 0.462. The number of halogens is 3. The Hall–Kier alpha value is -1.24. The lowest BCUT2D eigenvalue weighted by Gasteiger charge is -2.27. The zero-order valence-corrected chi connectivity index (χ0v) is 14.2. The van der Waals surface area contributed by atoms with Crippen LogP contribution in [-0.4, -0.2) is 20.8 Å². The molecular weight excluding hydrogens is 353 g/mol. The van der Waals surface area contributed by atoms with Crippen molar-refractivity contribution in [3.05, 3.63) is 34.4 Å². The van der Waals surface area contributed by atoms with E-state index in [0.717, 1.165) is 0 Å². The molecule has 0 aliphatic heterocycles. The number of anilines is 1. The van der Waals surface area contributed by atoms with Gasteiger partial charge in [-0.3, -0.25) is 14.9 Å². The van der Waals surface area contributed by atoms with E-state index < -0.39 is 14.9 Å². The minimum atomic E-state index is -1.88. The zero-order valence-electron chi connectivity index (χ0n) is 12.0. The van der Waals surface area contributed by atoms with E-state index in [-0.39, 0.29) is 29.6 Å². The van der Waals surface area contributed by atoms with E-state index in [1.54, 1.807) is 6.07 Å². The topological polar surface area (TPSA) is 84.3 Å². The number of nitrogens with one attached hydrogen (secondary N) is 2. The molecule has 9 heteroatoms. The van der Waals surface area contributed by atoms with E-state index in [4.69, 9.17) is 34.8 Å². The summed E-state index contributed by atoms with van der Waals surface area (Å²) >= 11 is 17.5. The fourth-order valence-electron chi connectivity index (χ4n) is 1.70. The van der Waals surface area contributed by atoms with Gasteiger partial charge in [0, 0.05) is 12.5 Å². The lowest BCUT2D eigenvalue weighted by Crippen LogP contribution is -2.49. The van der Waals surface area contributed by atoms with Crippen LogP contribution < -0.4 is 10.6 Å². The number of para-hydroxylation sites is 2. The number of benzene rings is 1. The first-order valence-electron chi connectivity index (χ1n) is 6.47. The fourth-order valence-corrected chi connectivity index (χ4v) is 2.03. The predicted molar refractivity (Wildman–Crippen MR) is 88.4 cm³/mol. The maximum Gasteiger partial charge on any atom is 0.292 e. The van der Waals surface area contributed by atoms with E-state index in [9.17, 15) is 14.9 Å². The Morgan fingerprint density at radius 1 is 1.32 bits per heavy atom. The molecule has 122 valence electrons. The summed E-state index contributed by atoms with van der Waals surface area (Å²) in [4.78, 5) is 22.3. The van der Waals surface area contributed by atoms with Crippen molar-refractivity contribution in [2.75, 3.05) is 5.32 Å². The van der Waals surface area contributed by atoms with Gasteiger partial charge in [-0.15, -0.1) is 0 Å². The van der Waals surface area contributed by atoms with E-state index in [1.165, 1.54) is 18.2 Å². The third kappa shape index (κ3) is 5.87. The van der Waals surface area contributed by atoms with Gasteiger partial charge >= 0.3 is 0 Å². The van der Waals surface area contributed by atoms with Crippen molar-refractivity contribution in [1.82, 2.24) is 5.32 Å². The molecule has 0 heterocycles. The van der Waals surface area contributed by atoms with Crippen molar-refractivity contribution in [2.45, 2.75) is 30.2 Å². The van der Waals surface area contributed by atoms with E-state index in [2.05, 4.69) is 10.6 Å². The van der Waals surface area contributed by atoms with Gasteiger partial charge in [0.25, 0.3) is 5.69 Å². The molecule has 1 aromatic rings. The van der Waals surface area contributed by atoms with Gasteiger partial charge in [-0.2, -0.15) is 0 Å². The first-order chi connectivity index (χ1) is 10.1. The second kappa shape index (κ2) is 7.85. The average Bonchev–Trinajstić information content (AvgIpc) is 2.36. The van der Waals surface area contributed by atoms with Crippen LogP contribution >= 0.6 is 34.8 Å². The predicted octanol–water partition coefficient (Wildman–Crippen LogP) is 3.87. The number of rotatable bonds is 6. The van der Waals surface area contributed by atoms with Crippen LogP contribution in [0, 0.1) is 16.0 Å². The number of carbonyl (C=O) groups excluding carboxylic acids is 1. The van der Waals surface area contributed by atoms with Crippen molar-refractivity contribution < 1.29 is 9.72 Å². The third-order valence-electron chi connectivity index (χ3n) is 2.63. The third-order valence-corrected chi connectivity index (χ3v) is 3.28. The van der Waals surface area contributed by atoms with Gasteiger partial charge in [-0.1, -0.05) is 60.8 Å². The van der Waals surface area contributed by atoms with Gasteiger partial charge in [0.2, 0.25) is 9.70 Å². The number of nitrogens with zero attached hydrogens (tertiary/aromatic N) is 1. The number of carbonyl (C=O) groups is 1. The summed E-state index contributed by atoms with van der Waals surface area (Å²) in [5.41, 5.74) is -0.0338. The summed E-state index contributed by atoms with van der Waals surface area (Å²) in [5.74, 6) is -0.195. The number of hydrogen-bond acceptors (Lipinski definition) is 4. The highest BCUT2D eigenvalue weighted by Crippen LogP contribution is 2.33. The Kier molecular flexibility index (Phi) is 6.71. The van der Waals surface area contributed by atoms with Crippen LogP contribution in [-0.2, 0) is 4.79 Å². The van der Waals surface area contributed by atoms with Crippen molar-refractivity contribution in [2.24, 2.45) is 5.92 Å². The van der Waals surface area contributed by atoms with Gasteiger partial charge in [0.1, 0.15) is 11.9 Å². The van der Waals surface area contributed by atoms with Gasteiger partial charge in [0.05, 0.1) is 4.92 Å². The minimum absolute atomic E-state index is 0.127. The Labute approximate surface area is 143 Å². The SMILES string of the molecule is CC(C)CC(=O)N[C@H](Nc1ccccc1[N+](=O)[O-])C(Cl)(Cl)Cl. The van der Waals surface area contributed by atoms with Crippen LogP contribution in [0.2, 0.25) is 0 Å². The Balaban J connectivity index is 2.96. The summed E-state index contributed by atoms with van der Waals surface area (Å²) in [6.45, 7) is 3.75. The highest BCUT2D eigenvalue weighted by atomic mass is 35.6. The molecule has 0 aromatic heterocycles. The molecule has 0 fully saturated rings. The van der Waals surface area contributed by atoms with Crippen LogP contribution in [0.1, 0.15) is 20.3 Å². The molecule has 0 spiro atoms. The molecule has 0 radical (unpaired) electrons. The maximum absolute atomic E-state index is 11.9. The van der Waals surface area contributed by atoms with E-state index in [0.29, 0.717) is 0 Å². The van der Waals surface area contributed by atoms with Crippen molar-refractivity contribution in [3.63, 3.8) is 0 Å². The summed E-state index contributed by atoms with van der Waals surface area (Å²) in [5, 5.41) is 16.2. The van der Waals surface area contributed by atoms with Crippen molar-refractivity contribution in [1.29, 1.82) is 0 Å². The van der Waals surface area contributed by atoms with Gasteiger partial charge in [-0.25, -0.2) is 0 Å². The van der Waals surface area contributed by atoms with E-state index >= 15 is 0 Å². The summed E-state index contributed by atoms with van der Waals surface area (Å²) < 4.78 is -1.88. The van der Waals surface area contributed by atoms with Gasteiger partial charge in [-0.05, 0) is 12.0 Å². The van der Waals surface area contributed by atoms with E-state index in [1.807, 2.05) is 13.8 Å². The molecule has 0 unspecified atom stereocenters. The van der Waals surface area contributed by atoms with Crippen LogP contribution in [0.4, 0.5) is 11.4 Å². The molecule has 2 N–H and O–H groups in total. The summed E-state index contributed by atoms with van der Waals surface area (Å²) in [6.07, 6.45) is -0.861. The Bertz CT molecular complexity index is 547. The number of hydrogen-bond donors (Lipinski definition) is 2. The number of nitro groups is 1. The molecular formula is C13H16Cl3N3O3. The normalized spacial score (nSPS) is 12.8. The standard InChI is InChI=1S/C13H16Cl3N3O3/c1-8(2)7-11(20)18-12(13(14,15)16)17-9-5-3-4-6-10(9)19(21)22/h3-6,8,12,17H,7H2,1-2H3,(H,18,20)/t12-/m0/s1. The van der Waals surface area contributed by atoms with Crippen LogP contribution in [0.3, 0.4) is 0 Å². The smallest absolute Gasteiger partial charge is 0.292 e. The molecule has 1 rings (SSSR count). The zero-order chi connectivity index (χ0) is 16.9. The van der Waals surface area contributed by atoms with Crippen LogP contribution in [0.15, 0.2) is 24.3 Å². The molecule has 1 amide bonds. The molecule has 6 nitrogen and oxygen atoms in total. The minimum Gasteiger partial charge on any atom is -0.356 e. The van der Waals surface area contributed by atoms with Gasteiger partial charge in [0.15, 0.2) is 0 Å². The molecule has 0 saturated carbocycles. The van der Waals surface area contributed by atoms with Crippen molar-refractivity contribution >= 4 is 52.1 Å². The molecule has 0 saturated heterocycles. The van der Waals surface area contributed by atoms with Crippen LogP contribution in [0.5, 0.6) is 0 Å². The number of nitro benzene ring substituents is 1. The second-order valence-electron chi connectivity index (χ2n) is 5.06. The largest absolute Gasteiger partial charge is 0.356 e. The Morgan fingerprint density at radius 3 is 2.41 bits per heavy atom. The lowest BCUT2D eigenvalue weighted by atomic mass is 10.1. The molecule has 1 aromatic carbocycles. The molecule has 22 heavy (non-hydrogen) atoms. The number of alkyl halides is 3. The molecule has 0 bridgehead atoms. The Morgan fingerprint density at radius 2 is 1.91 bits per heavy atom.